The monoisotopic (exact) mass is 514 g/mol. The van der Waals surface area contributed by atoms with Gasteiger partial charge in [-0.25, -0.2) is 31.3 Å². The van der Waals surface area contributed by atoms with Crippen LogP contribution in [0.5, 0.6) is 0 Å². The molecule has 4 rings (SSSR count). The minimum absolute atomic E-state index is 0.0462. The number of rotatable bonds is 7. The summed E-state index contributed by atoms with van der Waals surface area (Å²) in [5.74, 6) is -5.24. The van der Waals surface area contributed by atoms with Crippen LogP contribution in [-0.4, -0.2) is 56.0 Å². The van der Waals surface area contributed by atoms with Gasteiger partial charge in [0.15, 0.2) is 15.7 Å². The van der Waals surface area contributed by atoms with E-state index < -0.39 is 39.6 Å². The smallest absolute Gasteiger partial charge is 0.270 e. The topological polar surface area (TPSA) is 113 Å². The number of halogens is 5. The fourth-order valence-electron chi connectivity index (χ4n) is 3.28. The lowest BCUT2D eigenvalue weighted by molar-refractivity contribution is -0.191. The van der Waals surface area contributed by atoms with Gasteiger partial charge in [-0.2, -0.15) is 8.78 Å². The molecule has 9 nitrogen and oxygen atoms in total. The molecule has 0 spiro atoms. The molecule has 1 unspecified atom stereocenters. The summed E-state index contributed by atoms with van der Waals surface area (Å²) in [7, 11) is -3.82. The van der Waals surface area contributed by atoms with Gasteiger partial charge in [0.2, 0.25) is 6.30 Å². The van der Waals surface area contributed by atoms with E-state index in [1.165, 1.54) is 42.2 Å². The van der Waals surface area contributed by atoms with Gasteiger partial charge in [0.1, 0.15) is 5.69 Å². The van der Waals surface area contributed by atoms with Crippen molar-refractivity contribution in [2.24, 2.45) is 0 Å². The molecule has 0 aliphatic rings. The molecule has 184 valence electrons. The van der Waals surface area contributed by atoms with E-state index in [2.05, 4.69) is 20.3 Å². The minimum atomic E-state index is -5.15. The molecular formula is C20H15F5N6O3S. The van der Waals surface area contributed by atoms with Crippen LogP contribution in [0.1, 0.15) is 13.2 Å². The van der Waals surface area contributed by atoms with Gasteiger partial charge in [0, 0.05) is 11.5 Å². The number of alkyl halides is 5. The second kappa shape index (κ2) is 8.79. The summed E-state index contributed by atoms with van der Waals surface area (Å²) in [6.07, 6.45) is -4.40. The number of pyridine rings is 3. The summed E-state index contributed by atoms with van der Waals surface area (Å²) in [6.45, 7) is 1.42. The van der Waals surface area contributed by atoms with Gasteiger partial charge >= 0.3 is 12.3 Å². The highest BCUT2D eigenvalue weighted by molar-refractivity contribution is 7.91. The van der Waals surface area contributed by atoms with E-state index in [0.29, 0.717) is 0 Å². The number of nitrogens with zero attached hydrogens (tertiary/aromatic N) is 6. The average molecular weight is 514 g/mol. The van der Waals surface area contributed by atoms with Gasteiger partial charge in [0.25, 0.3) is 5.56 Å². The number of aromatic nitrogens is 6. The lowest BCUT2D eigenvalue weighted by Crippen LogP contribution is -2.39. The Labute approximate surface area is 193 Å². The third kappa shape index (κ3) is 4.26. The molecule has 0 saturated carbocycles. The van der Waals surface area contributed by atoms with Crippen LogP contribution in [0.3, 0.4) is 0 Å². The van der Waals surface area contributed by atoms with Crippen molar-refractivity contribution in [3.8, 4) is 17.2 Å². The Balaban J connectivity index is 1.94. The Kier molecular flexibility index (Phi) is 6.12. The highest BCUT2D eigenvalue weighted by Crippen LogP contribution is 2.37. The van der Waals surface area contributed by atoms with Crippen LogP contribution in [0.25, 0.3) is 28.1 Å². The van der Waals surface area contributed by atoms with Crippen LogP contribution in [-0.2, 0) is 9.84 Å². The summed E-state index contributed by atoms with van der Waals surface area (Å²) >= 11 is 0. The maximum Gasteiger partial charge on any atom is 0.356 e. The molecule has 35 heavy (non-hydrogen) atoms. The van der Waals surface area contributed by atoms with Crippen molar-refractivity contribution >= 4 is 20.7 Å². The first kappa shape index (κ1) is 24.4. The average Bonchev–Trinajstić information content (AvgIpc) is 3.38. The molecular weight excluding hydrogens is 499 g/mol. The summed E-state index contributed by atoms with van der Waals surface area (Å²) in [5, 5.41) is 7.39. The molecule has 0 radical (unpaired) electrons. The van der Waals surface area contributed by atoms with Crippen LogP contribution in [0, 0.1) is 0 Å². The first-order chi connectivity index (χ1) is 16.5. The lowest BCUT2D eigenvalue weighted by Gasteiger charge is -2.22. The fourth-order valence-corrected chi connectivity index (χ4v) is 4.31. The molecule has 0 N–H and O–H groups in total. The van der Waals surface area contributed by atoms with Crippen molar-refractivity contribution in [2.75, 3.05) is 5.75 Å². The van der Waals surface area contributed by atoms with E-state index in [1.54, 1.807) is 0 Å². The Morgan fingerprint density at radius 2 is 1.86 bits per heavy atom. The molecule has 0 aliphatic heterocycles. The van der Waals surface area contributed by atoms with Gasteiger partial charge in [-0.3, -0.25) is 14.3 Å². The Morgan fingerprint density at radius 1 is 1.11 bits per heavy atom. The Hall–Kier alpha value is -3.75. The van der Waals surface area contributed by atoms with Crippen LogP contribution in [0.2, 0.25) is 0 Å². The Bertz CT molecular complexity index is 1560. The van der Waals surface area contributed by atoms with E-state index in [-0.39, 0.29) is 37.8 Å². The SMILES string of the molecule is CCS(=O)(=O)c1ccc(-n2ccnn2)nc1-c1cc2ccc(=O)n(C(F)C(F)(F)C(F)F)c2cn1. The molecule has 15 heteroatoms. The summed E-state index contributed by atoms with van der Waals surface area (Å²) in [5.41, 5.74) is -1.98. The zero-order valence-corrected chi connectivity index (χ0v) is 18.5. The fraction of sp³-hybridized carbons (Fsp3) is 0.250. The highest BCUT2D eigenvalue weighted by Gasteiger charge is 2.51. The van der Waals surface area contributed by atoms with Crippen LogP contribution in [0.15, 0.2) is 58.6 Å². The third-order valence-corrected chi connectivity index (χ3v) is 6.87. The molecule has 0 fully saturated rings. The lowest BCUT2D eigenvalue weighted by atomic mass is 10.1. The molecule has 0 aromatic carbocycles. The quantitative estimate of drug-likeness (QED) is 0.348. The molecule has 0 amide bonds. The first-order valence-electron chi connectivity index (χ1n) is 9.89. The zero-order valence-electron chi connectivity index (χ0n) is 17.7. The van der Waals surface area contributed by atoms with E-state index in [0.717, 1.165) is 18.3 Å². The van der Waals surface area contributed by atoms with Crippen LogP contribution >= 0.6 is 0 Å². The third-order valence-electron chi connectivity index (χ3n) is 5.11. The van der Waals surface area contributed by atoms with E-state index >= 15 is 0 Å². The van der Waals surface area contributed by atoms with Crippen molar-refractivity contribution in [3.63, 3.8) is 0 Å². The minimum Gasteiger partial charge on any atom is -0.270 e. The van der Waals surface area contributed by atoms with Gasteiger partial charge in [-0.05, 0) is 24.3 Å². The van der Waals surface area contributed by atoms with Crippen molar-refractivity contribution < 1.29 is 30.4 Å². The van der Waals surface area contributed by atoms with Gasteiger partial charge in [-0.15, -0.1) is 5.10 Å². The van der Waals surface area contributed by atoms with E-state index in [4.69, 9.17) is 0 Å². The number of fused-ring (bicyclic) bond motifs is 1. The van der Waals surface area contributed by atoms with Crippen molar-refractivity contribution in [1.29, 1.82) is 0 Å². The van der Waals surface area contributed by atoms with Crippen LogP contribution in [0.4, 0.5) is 22.0 Å². The zero-order chi connectivity index (χ0) is 25.5. The predicted molar refractivity (Wildman–Crippen MR) is 113 cm³/mol. The van der Waals surface area contributed by atoms with E-state index in [1.807, 2.05) is 0 Å². The summed E-state index contributed by atoms with van der Waals surface area (Å²) in [4.78, 5) is 20.2. The Morgan fingerprint density at radius 3 is 2.49 bits per heavy atom. The maximum atomic E-state index is 14.5. The standard InChI is InChI=1S/C20H15F5N6O3S/c1-2-35(33,34)14-4-5-15(30-8-7-27-29-30)28-17(14)12-9-11-3-6-16(32)31(13(11)10-26-12)19(23)20(24,25)18(21)22/h3-10,18-19H,2H2,1H3. The maximum absolute atomic E-state index is 14.5. The van der Waals surface area contributed by atoms with Gasteiger partial charge in [-0.1, -0.05) is 12.1 Å². The number of hydrogen-bond donors (Lipinski definition) is 0. The van der Waals surface area contributed by atoms with Crippen molar-refractivity contribution in [3.05, 3.63) is 59.3 Å². The largest absolute Gasteiger partial charge is 0.356 e. The van der Waals surface area contributed by atoms with E-state index in [9.17, 15) is 35.2 Å². The molecule has 4 aromatic heterocycles. The molecule has 4 aromatic rings. The molecule has 0 bridgehead atoms. The van der Waals surface area contributed by atoms with Gasteiger partial charge < -0.3 is 0 Å². The molecule has 0 aliphatic carbocycles. The second-order valence-corrected chi connectivity index (χ2v) is 9.49. The van der Waals surface area contributed by atoms with Crippen molar-refractivity contribution in [1.82, 2.24) is 29.5 Å². The molecule has 0 saturated heterocycles. The first-order valence-corrected chi connectivity index (χ1v) is 11.5. The molecule has 1 atom stereocenters. The predicted octanol–water partition coefficient (Wildman–Crippen LogP) is 3.20. The highest BCUT2D eigenvalue weighted by atomic mass is 32.2. The van der Waals surface area contributed by atoms with Crippen LogP contribution < -0.4 is 5.56 Å². The normalized spacial score (nSPS) is 13.5. The molecule has 4 heterocycles. The summed E-state index contributed by atoms with van der Waals surface area (Å²) < 4.78 is 93.7. The number of hydrogen-bond acceptors (Lipinski definition) is 7. The summed E-state index contributed by atoms with van der Waals surface area (Å²) in [6, 6.07) is 5.72. The number of sulfone groups is 1. The van der Waals surface area contributed by atoms with Gasteiger partial charge in [0.05, 0.1) is 40.4 Å². The second-order valence-electron chi connectivity index (χ2n) is 7.25. The van der Waals surface area contributed by atoms with Crippen molar-refractivity contribution in [2.45, 2.75) is 30.5 Å².